The number of aliphatic hydroxyl groups excluding tert-OH is 2. The van der Waals surface area contributed by atoms with Gasteiger partial charge in [0.2, 0.25) is 0 Å². The van der Waals surface area contributed by atoms with Gasteiger partial charge >= 0.3 is 0 Å². The van der Waals surface area contributed by atoms with Crippen LogP contribution in [0.15, 0.2) is 52.8 Å². The van der Waals surface area contributed by atoms with Gasteiger partial charge in [-0.25, -0.2) is 0 Å². The van der Waals surface area contributed by atoms with Crippen LogP contribution >= 0.6 is 11.6 Å². The molecule has 0 saturated carbocycles. The minimum absolute atomic E-state index is 0.358. The summed E-state index contributed by atoms with van der Waals surface area (Å²) >= 11 is 6.37. The lowest BCUT2D eigenvalue weighted by molar-refractivity contribution is -0.177. The van der Waals surface area contributed by atoms with Crippen LogP contribution in [0.2, 0.25) is 5.02 Å². The Morgan fingerprint density at radius 3 is 2.47 bits per heavy atom. The third-order valence-corrected chi connectivity index (χ3v) is 5.48. The first-order valence-electron chi connectivity index (χ1n) is 9.61. The number of hydrogen-bond donors (Lipinski definition) is 2. The summed E-state index contributed by atoms with van der Waals surface area (Å²) in [5, 5.41) is 26.8. The van der Waals surface area contributed by atoms with Crippen LogP contribution in [0.3, 0.4) is 0 Å². The van der Waals surface area contributed by atoms with Gasteiger partial charge < -0.3 is 19.7 Å². The molecule has 1 fully saturated rings. The molecule has 5 atom stereocenters. The third kappa shape index (κ3) is 4.84. The fourth-order valence-corrected chi connectivity index (χ4v) is 3.76. The fraction of sp³-hybridized carbons (Fsp3) is 0.429. The highest BCUT2D eigenvalue weighted by Gasteiger charge is 2.46. The smallest absolute Gasteiger partial charge is 0.149 e. The second-order valence-corrected chi connectivity index (χ2v) is 7.50. The van der Waals surface area contributed by atoms with Crippen LogP contribution in [0.1, 0.15) is 29.7 Å². The summed E-state index contributed by atoms with van der Waals surface area (Å²) in [6.07, 6.45) is -4.26. The average Bonchev–Trinajstić information content (AvgIpc) is 2.74. The van der Waals surface area contributed by atoms with Crippen molar-refractivity contribution >= 4 is 11.6 Å². The highest BCUT2D eigenvalue weighted by molar-refractivity contribution is 6.31. The molecule has 9 heteroatoms. The molecule has 0 radical (unpaired) electrons. The predicted octanol–water partition coefficient (Wildman–Crippen LogP) is 3.39. The monoisotopic (exact) mass is 434 g/mol. The van der Waals surface area contributed by atoms with E-state index in [0.29, 0.717) is 23.6 Å². The summed E-state index contributed by atoms with van der Waals surface area (Å²) < 4.78 is 11.2. The average molecular weight is 435 g/mol. The zero-order valence-corrected chi connectivity index (χ0v) is 17.1. The molecule has 0 aromatic heterocycles. The third-order valence-electron chi connectivity index (χ3n) is 5.12. The van der Waals surface area contributed by atoms with Crippen LogP contribution in [0, 0.1) is 9.81 Å². The molecule has 0 spiro atoms. The Balaban J connectivity index is 1.85. The van der Waals surface area contributed by atoms with Gasteiger partial charge in [-0.15, -0.1) is 0 Å². The van der Waals surface area contributed by atoms with Gasteiger partial charge in [0, 0.05) is 5.02 Å². The van der Waals surface area contributed by atoms with Crippen LogP contribution < -0.4 is 4.74 Å². The zero-order valence-electron chi connectivity index (χ0n) is 16.3. The number of halogens is 1. The molecule has 0 bridgehead atoms. The van der Waals surface area contributed by atoms with Crippen molar-refractivity contribution in [3.63, 3.8) is 0 Å². The van der Waals surface area contributed by atoms with Gasteiger partial charge in [-0.2, -0.15) is 9.81 Å². The van der Waals surface area contributed by atoms with Gasteiger partial charge in [-0.3, -0.25) is 0 Å². The quantitative estimate of drug-likeness (QED) is 0.615. The Hall–Kier alpha value is -2.39. The van der Waals surface area contributed by atoms with Crippen molar-refractivity contribution in [1.82, 2.24) is 0 Å². The number of nitrogens with zero attached hydrogens (tertiary/aromatic N) is 2. The number of benzene rings is 2. The minimum Gasteiger partial charge on any atom is -0.494 e. The van der Waals surface area contributed by atoms with E-state index in [-0.39, 0.29) is 6.54 Å². The van der Waals surface area contributed by atoms with Crippen LogP contribution in [-0.2, 0) is 11.2 Å². The van der Waals surface area contributed by atoms with E-state index in [1.54, 1.807) is 18.2 Å². The topological polar surface area (TPSA) is 118 Å². The molecule has 2 aromatic rings. The van der Waals surface area contributed by atoms with Gasteiger partial charge in [0.05, 0.1) is 6.61 Å². The normalized spacial score (nSPS) is 26.2. The van der Waals surface area contributed by atoms with Crippen molar-refractivity contribution in [2.24, 2.45) is 10.4 Å². The second-order valence-electron chi connectivity index (χ2n) is 7.09. The summed E-state index contributed by atoms with van der Waals surface area (Å²) in [7, 11) is 0. The van der Waals surface area contributed by atoms with Crippen molar-refractivity contribution in [1.29, 1.82) is 0 Å². The minimum atomic E-state index is -1.41. The van der Waals surface area contributed by atoms with Crippen molar-refractivity contribution in [3.8, 4) is 5.75 Å². The largest absolute Gasteiger partial charge is 0.494 e. The Morgan fingerprint density at radius 2 is 1.83 bits per heavy atom. The lowest BCUT2D eigenvalue weighted by atomic mass is 9.88. The molecular weight excluding hydrogens is 412 g/mol. The molecule has 2 N–H and O–H groups in total. The van der Waals surface area contributed by atoms with E-state index in [0.717, 1.165) is 16.9 Å². The Kier molecular flexibility index (Phi) is 7.49. The molecule has 2 aromatic carbocycles. The summed E-state index contributed by atoms with van der Waals surface area (Å²) in [5.74, 6) is 0.778. The Morgan fingerprint density at radius 1 is 1.10 bits per heavy atom. The maximum absolute atomic E-state index is 11.2. The molecular formula is C21H23ClN2O6. The first-order chi connectivity index (χ1) is 14.5. The summed E-state index contributed by atoms with van der Waals surface area (Å²) in [6.45, 7) is 2.15. The molecule has 5 unspecified atom stereocenters. The maximum atomic E-state index is 11.2. The summed E-state index contributed by atoms with van der Waals surface area (Å²) in [5.41, 5.74) is 2.36. The lowest BCUT2D eigenvalue weighted by Gasteiger charge is -2.39. The highest BCUT2D eigenvalue weighted by atomic mass is 35.5. The van der Waals surface area contributed by atoms with Gasteiger partial charge in [0.15, 0.2) is 0 Å². The number of ether oxygens (including phenoxy) is 2. The first kappa shape index (κ1) is 22.3. The van der Waals surface area contributed by atoms with Crippen molar-refractivity contribution in [2.75, 3.05) is 13.2 Å². The molecule has 0 aliphatic carbocycles. The highest BCUT2D eigenvalue weighted by Crippen LogP contribution is 2.35. The van der Waals surface area contributed by atoms with Gasteiger partial charge in [0.1, 0.15) is 42.8 Å². The van der Waals surface area contributed by atoms with E-state index in [1.807, 2.05) is 31.2 Å². The Bertz CT molecular complexity index is 878. The number of rotatable bonds is 8. The molecule has 1 saturated heterocycles. The number of aliphatic hydroxyl groups is 2. The second kappa shape index (κ2) is 10.1. The van der Waals surface area contributed by atoms with Crippen LogP contribution in [0.4, 0.5) is 0 Å². The molecule has 1 aliphatic rings. The van der Waals surface area contributed by atoms with Crippen LogP contribution in [0.25, 0.3) is 0 Å². The molecule has 0 amide bonds. The molecule has 8 nitrogen and oxygen atoms in total. The molecule has 160 valence electrons. The van der Waals surface area contributed by atoms with E-state index >= 15 is 0 Å². The van der Waals surface area contributed by atoms with Gasteiger partial charge in [-0.05, 0) is 48.2 Å². The van der Waals surface area contributed by atoms with Gasteiger partial charge in [0.25, 0.3) is 0 Å². The van der Waals surface area contributed by atoms with Crippen LogP contribution in [-0.4, -0.2) is 47.7 Å². The predicted molar refractivity (Wildman–Crippen MR) is 112 cm³/mol. The molecule has 30 heavy (non-hydrogen) atoms. The van der Waals surface area contributed by atoms with Crippen molar-refractivity contribution < 1.29 is 19.7 Å². The van der Waals surface area contributed by atoms with Crippen LogP contribution in [0.5, 0.6) is 5.75 Å². The number of hydrogen-bond acceptors (Lipinski definition) is 8. The summed E-state index contributed by atoms with van der Waals surface area (Å²) in [4.78, 5) is 21.8. The van der Waals surface area contributed by atoms with E-state index in [2.05, 4.69) is 10.4 Å². The zero-order chi connectivity index (χ0) is 21.7. The number of nitroso groups, excluding NO2 is 2. The van der Waals surface area contributed by atoms with E-state index in [9.17, 15) is 20.0 Å². The van der Waals surface area contributed by atoms with E-state index < -0.39 is 30.5 Å². The standard InChI is InChI=1S/C21H23ClN2O6/c1-2-29-15-6-3-12(4-7-15)9-14-10-13(5-8-16(14)22)21-20(26)18(24-28)19(25)17(30-21)11-23-27/h3-8,10,17-21,25-26H,2,9,11H2,1H3. The lowest BCUT2D eigenvalue weighted by Crippen LogP contribution is -2.54. The Labute approximate surface area is 178 Å². The fourth-order valence-electron chi connectivity index (χ4n) is 3.57. The first-order valence-corrected chi connectivity index (χ1v) is 9.99. The van der Waals surface area contributed by atoms with Crippen molar-refractivity contribution in [3.05, 3.63) is 74.0 Å². The van der Waals surface area contributed by atoms with Gasteiger partial charge in [-0.1, -0.05) is 46.2 Å². The maximum Gasteiger partial charge on any atom is 0.149 e. The molecule has 1 aliphatic heterocycles. The van der Waals surface area contributed by atoms with Crippen molar-refractivity contribution in [2.45, 2.75) is 43.8 Å². The van der Waals surface area contributed by atoms with E-state index in [1.165, 1.54) is 0 Å². The van der Waals surface area contributed by atoms with E-state index in [4.69, 9.17) is 21.1 Å². The molecule has 1 heterocycles. The molecule has 3 rings (SSSR count). The SMILES string of the molecule is CCOc1ccc(Cc2cc(C3OC(CN=O)C(O)C(N=O)C3O)ccc2Cl)cc1. The summed E-state index contributed by atoms with van der Waals surface area (Å²) in [6, 6.07) is 11.4.